The number of hydrogen-bond donors (Lipinski definition) is 1. The maximum atomic E-state index is 13.0. The van der Waals surface area contributed by atoms with Crippen molar-refractivity contribution in [3.8, 4) is 5.75 Å². The molecule has 1 aliphatic carbocycles. The molecule has 1 aliphatic heterocycles. The molecule has 0 unspecified atom stereocenters. The summed E-state index contributed by atoms with van der Waals surface area (Å²) in [4.78, 5) is 38.2. The van der Waals surface area contributed by atoms with Gasteiger partial charge in [-0.1, -0.05) is 17.7 Å². The lowest BCUT2D eigenvalue weighted by Gasteiger charge is -2.32. The first-order valence-electron chi connectivity index (χ1n) is 9.10. The monoisotopic (exact) mass is 372 g/mol. The maximum absolute atomic E-state index is 13.0. The molecule has 7 nitrogen and oxygen atoms in total. The van der Waals surface area contributed by atoms with Gasteiger partial charge >= 0.3 is 12.0 Å². The van der Waals surface area contributed by atoms with Gasteiger partial charge in [0.2, 0.25) is 0 Å². The molecule has 144 valence electrons. The molecule has 0 radical (unpaired) electrons. The Kier molecular flexibility index (Phi) is 5.48. The van der Waals surface area contributed by atoms with Crippen molar-refractivity contribution in [1.29, 1.82) is 0 Å². The van der Waals surface area contributed by atoms with Crippen LogP contribution < -0.4 is 10.1 Å². The minimum atomic E-state index is -0.866. The third-order valence-electron chi connectivity index (χ3n) is 5.10. The lowest BCUT2D eigenvalue weighted by molar-refractivity contribution is -0.137. The summed E-state index contributed by atoms with van der Waals surface area (Å²) >= 11 is 0. The zero-order chi connectivity index (χ0) is 19.4. The summed E-state index contributed by atoms with van der Waals surface area (Å²) in [5.41, 5.74) is 0.944. The molecule has 1 heterocycles. The number of rotatable bonds is 5. The van der Waals surface area contributed by atoms with Gasteiger partial charge in [0.15, 0.2) is 0 Å². The summed E-state index contributed by atoms with van der Waals surface area (Å²) in [5, 5.41) is 2.88. The first-order valence-corrected chi connectivity index (χ1v) is 9.10. The summed E-state index contributed by atoms with van der Waals surface area (Å²) in [6.07, 6.45) is 3.65. The van der Waals surface area contributed by atoms with Gasteiger partial charge in [0.25, 0.3) is 5.91 Å². The number of imide groups is 1. The Morgan fingerprint density at radius 3 is 2.48 bits per heavy atom. The molecule has 27 heavy (non-hydrogen) atoms. The number of benzene rings is 1. The first-order chi connectivity index (χ1) is 13.0. The minimum Gasteiger partial charge on any atom is -0.497 e. The van der Waals surface area contributed by atoms with Crippen molar-refractivity contribution >= 4 is 17.9 Å². The average Bonchev–Trinajstić information content (AvgIpc) is 2.89. The number of urea groups is 1. The molecule has 0 aromatic heterocycles. The van der Waals surface area contributed by atoms with Crippen LogP contribution in [0, 0.1) is 0 Å². The molecule has 3 rings (SSSR count). The third-order valence-corrected chi connectivity index (χ3v) is 5.10. The van der Waals surface area contributed by atoms with Crippen LogP contribution in [-0.2, 0) is 20.9 Å². The number of carbonyl (C=O) groups is 3. The van der Waals surface area contributed by atoms with Crippen LogP contribution in [0.3, 0.4) is 0 Å². The van der Waals surface area contributed by atoms with Gasteiger partial charge in [-0.05, 0) is 50.3 Å². The number of carbonyl (C=O) groups excluding carboxylic acids is 3. The Labute approximate surface area is 158 Å². The highest BCUT2D eigenvalue weighted by Crippen LogP contribution is 2.36. The predicted octanol–water partition coefficient (Wildman–Crippen LogP) is 2.55. The molecule has 1 spiro atoms. The van der Waals surface area contributed by atoms with Gasteiger partial charge in [-0.3, -0.25) is 9.69 Å². The zero-order valence-corrected chi connectivity index (χ0v) is 15.6. The van der Waals surface area contributed by atoms with Gasteiger partial charge in [-0.15, -0.1) is 0 Å². The fourth-order valence-corrected chi connectivity index (χ4v) is 3.57. The number of nitrogens with one attached hydrogen (secondary N) is 1. The number of ether oxygens (including phenoxy) is 2. The van der Waals surface area contributed by atoms with Crippen molar-refractivity contribution in [3.05, 3.63) is 41.5 Å². The molecule has 1 N–H and O–H groups in total. The van der Waals surface area contributed by atoms with Crippen molar-refractivity contribution in [3.63, 3.8) is 0 Å². The highest BCUT2D eigenvalue weighted by molar-refractivity contribution is 6.07. The van der Waals surface area contributed by atoms with Crippen LogP contribution in [-0.4, -0.2) is 42.1 Å². The molecule has 1 saturated carbocycles. The van der Waals surface area contributed by atoms with Crippen molar-refractivity contribution in [2.45, 2.75) is 44.7 Å². The second-order valence-corrected chi connectivity index (χ2v) is 6.81. The molecule has 0 atom stereocenters. The minimum absolute atomic E-state index is 0.196. The molecular weight excluding hydrogens is 348 g/mol. The lowest BCUT2D eigenvalue weighted by Crippen LogP contribution is -2.48. The summed E-state index contributed by atoms with van der Waals surface area (Å²) in [6.45, 7) is 2.32. The summed E-state index contributed by atoms with van der Waals surface area (Å²) in [5.74, 6) is 0.172. The van der Waals surface area contributed by atoms with Gasteiger partial charge in [0.05, 0.1) is 20.3 Å². The van der Waals surface area contributed by atoms with E-state index in [9.17, 15) is 14.4 Å². The third kappa shape index (κ3) is 3.97. The van der Waals surface area contributed by atoms with E-state index in [1.165, 1.54) is 11.0 Å². The van der Waals surface area contributed by atoms with Gasteiger partial charge in [-0.2, -0.15) is 0 Å². The molecule has 2 aliphatic rings. The van der Waals surface area contributed by atoms with Crippen molar-refractivity contribution in [1.82, 2.24) is 10.2 Å². The zero-order valence-electron chi connectivity index (χ0n) is 15.6. The van der Waals surface area contributed by atoms with E-state index in [1.54, 1.807) is 26.2 Å². The molecule has 1 saturated heterocycles. The van der Waals surface area contributed by atoms with Gasteiger partial charge in [-0.25, -0.2) is 9.59 Å². The van der Waals surface area contributed by atoms with Crippen molar-refractivity contribution in [2.75, 3.05) is 13.7 Å². The number of allylic oxidation sites excluding steroid dienone is 1. The normalized spacial score (nSPS) is 22.0. The van der Waals surface area contributed by atoms with Crippen LogP contribution in [0.2, 0.25) is 0 Å². The number of amides is 3. The Morgan fingerprint density at radius 1 is 1.22 bits per heavy atom. The van der Waals surface area contributed by atoms with Gasteiger partial charge in [0, 0.05) is 6.08 Å². The lowest BCUT2D eigenvalue weighted by atomic mass is 9.79. The molecule has 1 aromatic rings. The van der Waals surface area contributed by atoms with E-state index in [1.807, 2.05) is 12.1 Å². The van der Waals surface area contributed by atoms with E-state index < -0.39 is 5.54 Å². The van der Waals surface area contributed by atoms with Crippen molar-refractivity contribution < 1.29 is 23.9 Å². The first kappa shape index (κ1) is 18.9. The number of esters is 1. The molecule has 3 amide bonds. The fourth-order valence-electron chi connectivity index (χ4n) is 3.57. The van der Waals surface area contributed by atoms with Crippen LogP contribution in [0.1, 0.15) is 38.2 Å². The number of nitrogens with zero attached hydrogens (tertiary/aromatic N) is 1. The highest BCUT2D eigenvalue weighted by atomic mass is 16.5. The second kappa shape index (κ2) is 7.82. The summed E-state index contributed by atoms with van der Waals surface area (Å²) < 4.78 is 10.1. The Bertz CT molecular complexity index is 759. The Hall–Kier alpha value is -2.83. The SMILES string of the molecule is CCOC(=O)C=C1CCC2(CC1)NC(=O)N(Cc1ccc(OC)cc1)C2=O. The molecule has 1 aromatic carbocycles. The van der Waals surface area contributed by atoms with Crippen LogP contribution in [0.15, 0.2) is 35.9 Å². The highest BCUT2D eigenvalue weighted by Gasteiger charge is 2.51. The van der Waals surface area contributed by atoms with Crippen LogP contribution in [0.4, 0.5) is 4.79 Å². The Morgan fingerprint density at radius 2 is 1.89 bits per heavy atom. The smallest absolute Gasteiger partial charge is 0.330 e. The molecule has 0 bridgehead atoms. The van der Waals surface area contributed by atoms with E-state index in [-0.39, 0.29) is 24.5 Å². The van der Waals surface area contributed by atoms with Gasteiger partial charge in [0.1, 0.15) is 11.3 Å². The number of methoxy groups -OCH3 is 1. The standard InChI is InChI=1S/C20H24N2O5/c1-3-27-17(23)12-14-8-10-20(11-9-14)18(24)22(19(25)21-20)13-15-4-6-16(26-2)7-5-15/h4-7,12H,3,8-11,13H2,1-2H3,(H,21,25). The van der Waals surface area contributed by atoms with Crippen LogP contribution in [0.5, 0.6) is 5.75 Å². The Balaban J connectivity index is 1.66. The quantitative estimate of drug-likeness (QED) is 0.488. The number of hydrogen-bond acceptors (Lipinski definition) is 5. The van der Waals surface area contributed by atoms with E-state index in [0.717, 1.165) is 16.9 Å². The van der Waals surface area contributed by atoms with E-state index in [2.05, 4.69) is 5.32 Å². The van der Waals surface area contributed by atoms with Crippen molar-refractivity contribution in [2.24, 2.45) is 0 Å². The van der Waals surface area contributed by atoms with E-state index in [0.29, 0.717) is 32.3 Å². The second-order valence-electron chi connectivity index (χ2n) is 6.81. The van der Waals surface area contributed by atoms with Crippen LogP contribution in [0.25, 0.3) is 0 Å². The van der Waals surface area contributed by atoms with Gasteiger partial charge < -0.3 is 14.8 Å². The maximum Gasteiger partial charge on any atom is 0.330 e. The van der Waals surface area contributed by atoms with E-state index >= 15 is 0 Å². The van der Waals surface area contributed by atoms with E-state index in [4.69, 9.17) is 9.47 Å². The topological polar surface area (TPSA) is 84.9 Å². The molecular formula is C20H24N2O5. The summed E-state index contributed by atoms with van der Waals surface area (Å²) in [7, 11) is 1.59. The largest absolute Gasteiger partial charge is 0.497 e. The molecule has 7 heteroatoms. The van der Waals surface area contributed by atoms with Crippen LogP contribution >= 0.6 is 0 Å². The molecule has 2 fully saturated rings. The average molecular weight is 372 g/mol. The fraction of sp³-hybridized carbons (Fsp3) is 0.450. The summed E-state index contributed by atoms with van der Waals surface area (Å²) in [6, 6.07) is 6.91. The predicted molar refractivity (Wildman–Crippen MR) is 98.0 cm³/mol.